The van der Waals surface area contributed by atoms with Crippen LogP contribution in [-0.4, -0.2) is 25.1 Å². The normalized spacial score (nSPS) is 13.0. The second-order valence-electron chi connectivity index (χ2n) is 13.7. The Labute approximate surface area is 316 Å². The molecule has 1 spiro atoms. The second kappa shape index (κ2) is 12.3. The van der Waals surface area contributed by atoms with Crippen LogP contribution in [0, 0.1) is 0 Å². The number of nitrogens with zero attached hydrogens (tertiary/aromatic N) is 5. The second-order valence-corrected chi connectivity index (χ2v) is 13.7. The van der Waals surface area contributed by atoms with Gasteiger partial charge in [-0.2, -0.15) is 0 Å². The molecule has 0 saturated carbocycles. The smallest absolute Gasteiger partial charge is 0.248 e. The molecule has 258 valence electrons. The lowest BCUT2D eigenvalue weighted by molar-refractivity contribution is 0.436. The van der Waals surface area contributed by atoms with Gasteiger partial charge in [-0.3, -0.25) is 0 Å². The van der Waals surface area contributed by atoms with E-state index in [0.717, 1.165) is 72.7 Å². The van der Waals surface area contributed by atoms with E-state index in [-0.39, 0.29) is 0 Å². The number of aromatic nitrogens is 5. The molecule has 1 aliphatic carbocycles. The number of fused-ring (bicyclic) bond motifs is 9. The van der Waals surface area contributed by atoms with Crippen LogP contribution in [0.1, 0.15) is 22.3 Å². The van der Waals surface area contributed by atoms with E-state index >= 15 is 0 Å². The highest BCUT2D eigenvalue weighted by Crippen LogP contribution is 2.62. The van der Waals surface area contributed by atoms with Crippen LogP contribution in [0.2, 0.25) is 0 Å². The van der Waals surface area contributed by atoms with Crippen LogP contribution < -0.4 is 4.74 Å². The summed E-state index contributed by atoms with van der Waals surface area (Å²) in [5.41, 5.74) is 10.3. The summed E-state index contributed by atoms with van der Waals surface area (Å²) < 4.78 is 12.9. The zero-order valence-corrected chi connectivity index (χ0v) is 29.3. The van der Waals surface area contributed by atoms with Gasteiger partial charge in [0.15, 0.2) is 17.5 Å². The highest BCUT2D eigenvalue weighted by Gasteiger charge is 2.51. The number of hydrogen-bond acceptors (Lipinski definition) is 7. The molecule has 0 saturated heterocycles. The maximum atomic E-state index is 6.61. The average Bonchev–Trinajstić information content (AvgIpc) is 3.87. The van der Waals surface area contributed by atoms with Gasteiger partial charge in [0.2, 0.25) is 11.8 Å². The van der Waals surface area contributed by atoms with Gasteiger partial charge in [-0.1, -0.05) is 133 Å². The Morgan fingerprint density at radius 2 is 0.836 bits per heavy atom. The molecule has 0 N–H and O–H groups in total. The van der Waals surface area contributed by atoms with E-state index in [2.05, 4.69) is 83.0 Å². The van der Waals surface area contributed by atoms with Crippen LogP contribution in [0.4, 0.5) is 0 Å². The molecule has 7 heteroatoms. The molecule has 2 aromatic heterocycles. The molecule has 3 heterocycles. The standard InChI is InChI=1S/C48H29N5O2/c1-4-14-30(15-5-1)43-49-44(31-16-6-2-7-17-31)51-45(50-43)33-24-26-35-36-28-34(47-53-52-46(55-47)32-18-8-3-9-19-32)25-27-37(36)48(40(35)29-33)38-20-10-12-22-41(38)54-42-23-13-11-21-39(42)48/h1-29H. The topological polar surface area (TPSA) is 86.8 Å². The summed E-state index contributed by atoms with van der Waals surface area (Å²) >= 11 is 0. The molecule has 2 aliphatic rings. The first-order chi connectivity index (χ1) is 27.2. The number of para-hydroxylation sites is 2. The number of rotatable bonds is 5. The fourth-order valence-corrected chi connectivity index (χ4v) is 8.15. The quantitative estimate of drug-likeness (QED) is 0.176. The molecule has 0 unspecified atom stereocenters. The Morgan fingerprint density at radius 1 is 0.345 bits per heavy atom. The minimum absolute atomic E-state index is 0.459. The Kier molecular flexibility index (Phi) is 6.94. The summed E-state index contributed by atoms with van der Waals surface area (Å²) in [7, 11) is 0. The first kappa shape index (κ1) is 31.1. The number of ether oxygens (including phenoxy) is 1. The van der Waals surface area contributed by atoms with Gasteiger partial charge >= 0.3 is 0 Å². The van der Waals surface area contributed by atoms with E-state index in [4.69, 9.17) is 24.1 Å². The first-order valence-corrected chi connectivity index (χ1v) is 18.2. The lowest BCUT2D eigenvalue weighted by Crippen LogP contribution is -2.32. The molecular weight excluding hydrogens is 679 g/mol. The molecule has 0 radical (unpaired) electrons. The minimum atomic E-state index is -0.702. The lowest BCUT2D eigenvalue weighted by atomic mass is 9.66. The Hall–Kier alpha value is -7.51. The van der Waals surface area contributed by atoms with Gasteiger partial charge in [0.05, 0.1) is 5.41 Å². The monoisotopic (exact) mass is 707 g/mol. The molecule has 55 heavy (non-hydrogen) atoms. The third-order valence-corrected chi connectivity index (χ3v) is 10.6. The van der Waals surface area contributed by atoms with Crippen LogP contribution in [0.5, 0.6) is 11.5 Å². The largest absolute Gasteiger partial charge is 0.457 e. The summed E-state index contributed by atoms with van der Waals surface area (Å²) in [5, 5.41) is 8.88. The van der Waals surface area contributed by atoms with Gasteiger partial charge in [-0.15, -0.1) is 10.2 Å². The SMILES string of the molecule is c1ccc(-c2nc(-c3ccccc3)nc(-c3ccc4c(c3)C3(c5ccccc5Oc5ccccc53)c3ccc(-c5nnc(-c6ccccc6)o5)cc3-4)n2)cc1. The molecule has 7 aromatic carbocycles. The molecule has 0 atom stereocenters. The van der Waals surface area contributed by atoms with E-state index in [0.29, 0.717) is 29.3 Å². The van der Waals surface area contributed by atoms with Gasteiger partial charge in [-0.05, 0) is 64.7 Å². The van der Waals surface area contributed by atoms with Crippen molar-refractivity contribution in [1.82, 2.24) is 25.1 Å². The highest BCUT2D eigenvalue weighted by atomic mass is 16.5. The van der Waals surface area contributed by atoms with Crippen LogP contribution in [0.25, 0.3) is 68.2 Å². The Bertz CT molecular complexity index is 2810. The summed E-state index contributed by atoms with van der Waals surface area (Å²) in [4.78, 5) is 15.2. The highest BCUT2D eigenvalue weighted by molar-refractivity contribution is 5.91. The molecule has 0 bridgehead atoms. The zero-order chi connectivity index (χ0) is 36.3. The average molecular weight is 708 g/mol. The fraction of sp³-hybridized carbons (Fsp3) is 0.0208. The van der Waals surface area contributed by atoms with Gasteiger partial charge in [0, 0.05) is 38.9 Å². The maximum absolute atomic E-state index is 6.61. The molecule has 0 amide bonds. The van der Waals surface area contributed by atoms with Gasteiger partial charge < -0.3 is 9.15 Å². The summed E-state index contributed by atoms with van der Waals surface area (Å²) in [6, 6.07) is 59.7. The van der Waals surface area contributed by atoms with E-state index < -0.39 is 5.41 Å². The lowest BCUT2D eigenvalue weighted by Gasteiger charge is -2.39. The third-order valence-electron chi connectivity index (χ3n) is 10.6. The minimum Gasteiger partial charge on any atom is -0.457 e. The van der Waals surface area contributed by atoms with E-state index in [9.17, 15) is 0 Å². The molecule has 1 aliphatic heterocycles. The van der Waals surface area contributed by atoms with Gasteiger partial charge in [-0.25, -0.2) is 15.0 Å². The van der Waals surface area contributed by atoms with Crippen molar-refractivity contribution in [3.05, 3.63) is 198 Å². The van der Waals surface area contributed by atoms with Gasteiger partial charge in [0.1, 0.15) is 11.5 Å². The van der Waals surface area contributed by atoms with Gasteiger partial charge in [0.25, 0.3) is 0 Å². The summed E-state index contributed by atoms with van der Waals surface area (Å²) in [5.74, 6) is 4.39. The molecule has 9 aromatic rings. The van der Waals surface area contributed by atoms with Crippen molar-refractivity contribution < 1.29 is 9.15 Å². The Balaban J connectivity index is 1.15. The summed E-state index contributed by atoms with van der Waals surface area (Å²) in [6.07, 6.45) is 0. The van der Waals surface area contributed by atoms with Crippen molar-refractivity contribution in [2.75, 3.05) is 0 Å². The predicted octanol–water partition coefficient (Wildman–Crippen LogP) is 11.1. The predicted molar refractivity (Wildman–Crippen MR) is 212 cm³/mol. The molecule has 0 fully saturated rings. The first-order valence-electron chi connectivity index (χ1n) is 18.2. The van der Waals surface area contributed by atoms with Crippen LogP contribution in [0.3, 0.4) is 0 Å². The Morgan fingerprint density at radius 3 is 1.44 bits per heavy atom. The maximum Gasteiger partial charge on any atom is 0.248 e. The molecule has 11 rings (SSSR count). The van der Waals surface area contributed by atoms with Crippen molar-refractivity contribution in [2.45, 2.75) is 5.41 Å². The zero-order valence-electron chi connectivity index (χ0n) is 29.3. The third kappa shape index (κ3) is 4.87. The van der Waals surface area contributed by atoms with E-state index in [1.165, 1.54) is 0 Å². The van der Waals surface area contributed by atoms with Crippen molar-refractivity contribution in [3.63, 3.8) is 0 Å². The van der Waals surface area contributed by atoms with E-state index in [1.54, 1.807) is 0 Å². The van der Waals surface area contributed by atoms with Crippen molar-refractivity contribution in [3.8, 4) is 79.7 Å². The van der Waals surface area contributed by atoms with Crippen molar-refractivity contribution >= 4 is 0 Å². The summed E-state index contributed by atoms with van der Waals surface area (Å²) in [6.45, 7) is 0. The van der Waals surface area contributed by atoms with Crippen LogP contribution >= 0.6 is 0 Å². The van der Waals surface area contributed by atoms with Crippen molar-refractivity contribution in [2.24, 2.45) is 0 Å². The number of benzene rings is 7. The molecule has 7 nitrogen and oxygen atoms in total. The van der Waals surface area contributed by atoms with E-state index in [1.807, 2.05) is 103 Å². The fourth-order valence-electron chi connectivity index (χ4n) is 8.15. The van der Waals surface area contributed by atoms with Crippen LogP contribution in [0.15, 0.2) is 180 Å². The number of hydrogen-bond donors (Lipinski definition) is 0. The van der Waals surface area contributed by atoms with Crippen LogP contribution in [-0.2, 0) is 5.41 Å². The molecular formula is C48H29N5O2. The van der Waals surface area contributed by atoms with Crippen molar-refractivity contribution in [1.29, 1.82) is 0 Å².